The number of carbonyl (C=O) groups excluding carboxylic acids is 1. The number of para-hydroxylation sites is 2. The van der Waals surface area contributed by atoms with Crippen LogP contribution in [0.3, 0.4) is 0 Å². The van der Waals surface area contributed by atoms with E-state index >= 15 is 0 Å². The molecular weight excluding hydrogens is 426 g/mol. The largest absolute Gasteiger partial charge is 0.497 e. The molecule has 0 spiro atoms. The van der Waals surface area contributed by atoms with Gasteiger partial charge in [-0.05, 0) is 42.0 Å². The number of nitrogens with zero attached hydrogens (tertiary/aromatic N) is 4. The highest BCUT2D eigenvalue weighted by molar-refractivity contribution is 7.99. The minimum absolute atomic E-state index is 0.154. The highest BCUT2D eigenvalue weighted by Gasteiger charge is 2.16. The van der Waals surface area contributed by atoms with Crippen LogP contribution in [-0.4, -0.2) is 45.4 Å². The van der Waals surface area contributed by atoms with Crippen molar-refractivity contribution in [3.8, 4) is 11.5 Å². The van der Waals surface area contributed by atoms with Crippen molar-refractivity contribution < 1.29 is 14.3 Å². The Bertz CT molecular complexity index is 1170. The zero-order valence-corrected chi connectivity index (χ0v) is 18.6. The summed E-state index contributed by atoms with van der Waals surface area (Å²) in [6.07, 6.45) is 4.42. The van der Waals surface area contributed by atoms with Gasteiger partial charge in [-0.15, -0.1) is 10.2 Å². The fourth-order valence-electron chi connectivity index (χ4n) is 3.18. The van der Waals surface area contributed by atoms with Gasteiger partial charge in [0.05, 0.1) is 25.7 Å². The molecule has 164 valence electrons. The first-order chi connectivity index (χ1) is 15.7. The summed E-state index contributed by atoms with van der Waals surface area (Å²) in [6, 6.07) is 19.0. The second-order valence-corrected chi connectivity index (χ2v) is 7.78. The summed E-state index contributed by atoms with van der Waals surface area (Å²) in [5, 5.41) is 12.2. The summed E-state index contributed by atoms with van der Waals surface area (Å²) >= 11 is 1.32. The topological polar surface area (TPSA) is 83.2 Å². The Hall–Kier alpha value is -3.72. The standard InChI is InChI=1S/C23H23N5O3S/c1-30-18-11-9-17(10-12-18)15-21-25-26-23(28(21)27-13-5-6-14-27)32-16-22(29)24-19-7-3-4-8-20(19)31-2/h3-14H,15-16H2,1-2H3,(H,24,29). The van der Waals surface area contributed by atoms with E-state index in [0.717, 1.165) is 17.1 Å². The number of rotatable bonds is 9. The Morgan fingerprint density at radius 3 is 2.44 bits per heavy atom. The smallest absolute Gasteiger partial charge is 0.234 e. The molecule has 1 N–H and O–H groups in total. The lowest BCUT2D eigenvalue weighted by Gasteiger charge is -2.12. The molecule has 2 aromatic heterocycles. The molecule has 0 aliphatic heterocycles. The molecule has 4 aromatic rings. The molecule has 0 saturated heterocycles. The molecule has 2 heterocycles. The number of thioether (sulfide) groups is 1. The van der Waals surface area contributed by atoms with E-state index in [1.165, 1.54) is 11.8 Å². The number of aromatic nitrogens is 4. The lowest BCUT2D eigenvalue weighted by Crippen LogP contribution is -2.17. The average Bonchev–Trinajstić information content (AvgIpc) is 3.48. The first-order valence-corrected chi connectivity index (χ1v) is 10.9. The Morgan fingerprint density at radius 1 is 0.969 bits per heavy atom. The minimum atomic E-state index is -0.154. The Morgan fingerprint density at radius 2 is 1.72 bits per heavy atom. The highest BCUT2D eigenvalue weighted by Crippen LogP contribution is 2.24. The summed E-state index contributed by atoms with van der Waals surface area (Å²) < 4.78 is 14.3. The molecule has 0 saturated carbocycles. The molecule has 9 heteroatoms. The first-order valence-electron chi connectivity index (χ1n) is 9.94. The fourth-order valence-corrected chi connectivity index (χ4v) is 3.93. The van der Waals surface area contributed by atoms with E-state index in [1.807, 2.05) is 70.3 Å². The van der Waals surface area contributed by atoms with Crippen molar-refractivity contribution >= 4 is 23.4 Å². The lowest BCUT2D eigenvalue weighted by molar-refractivity contribution is -0.113. The van der Waals surface area contributed by atoms with Crippen LogP contribution in [0, 0.1) is 0 Å². The monoisotopic (exact) mass is 449 g/mol. The minimum Gasteiger partial charge on any atom is -0.497 e. The van der Waals surface area contributed by atoms with Gasteiger partial charge in [0.2, 0.25) is 11.1 Å². The lowest BCUT2D eigenvalue weighted by atomic mass is 10.1. The number of ether oxygens (including phenoxy) is 2. The summed E-state index contributed by atoms with van der Waals surface area (Å²) in [5.74, 6) is 2.21. The van der Waals surface area contributed by atoms with Crippen molar-refractivity contribution in [2.75, 3.05) is 25.3 Å². The third-order valence-corrected chi connectivity index (χ3v) is 5.65. The van der Waals surface area contributed by atoms with Crippen LogP contribution in [0.4, 0.5) is 5.69 Å². The summed E-state index contributed by atoms with van der Waals surface area (Å²) in [4.78, 5) is 12.5. The number of hydrogen-bond acceptors (Lipinski definition) is 6. The summed E-state index contributed by atoms with van der Waals surface area (Å²) in [5.41, 5.74) is 1.71. The number of anilines is 1. The van der Waals surface area contributed by atoms with E-state index in [4.69, 9.17) is 9.47 Å². The van der Waals surface area contributed by atoms with Crippen molar-refractivity contribution in [1.82, 2.24) is 19.5 Å². The van der Waals surface area contributed by atoms with Gasteiger partial charge in [0.25, 0.3) is 0 Å². The zero-order chi connectivity index (χ0) is 22.3. The third kappa shape index (κ3) is 4.94. The van der Waals surface area contributed by atoms with Crippen LogP contribution in [0.15, 0.2) is 78.2 Å². The van der Waals surface area contributed by atoms with Crippen molar-refractivity contribution in [3.05, 3.63) is 84.4 Å². The van der Waals surface area contributed by atoms with Crippen LogP contribution in [0.2, 0.25) is 0 Å². The van der Waals surface area contributed by atoms with Crippen LogP contribution < -0.4 is 14.8 Å². The molecule has 0 atom stereocenters. The van der Waals surface area contributed by atoms with E-state index in [-0.39, 0.29) is 11.7 Å². The number of carbonyl (C=O) groups is 1. The number of hydrogen-bond donors (Lipinski definition) is 1. The number of methoxy groups -OCH3 is 2. The van der Waals surface area contributed by atoms with E-state index in [2.05, 4.69) is 15.5 Å². The zero-order valence-electron chi connectivity index (χ0n) is 17.8. The van der Waals surface area contributed by atoms with Gasteiger partial charge in [0, 0.05) is 18.8 Å². The van der Waals surface area contributed by atoms with Crippen LogP contribution in [0.5, 0.6) is 11.5 Å². The average molecular weight is 450 g/mol. The quantitative estimate of drug-likeness (QED) is 0.392. The number of nitrogens with one attached hydrogen (secondary N) is 1. The molecule has 0 radical (unpaired) electrons. The van der Waals surface area contributed by atoms with Gasteiger partial charge < -0.3 is 14.8 Å². The molecule has 0 unspecified atom stereocenters. The molecule has 2 aromatic carbocycles. The molecule has 0 fully saturated rings. The van der Waals surface area contributed by atoms with E-state index < -0.39 is 0 Å². The van der Waals surface area contributed by atoms with Gasteiger partial charge in [0.15, 0.2) is 5.82 Å². The maximum absolute atomic E-state index is 12.5. The predicted molar refractivity (Wildman–Crippen MR) is 123 cm³/mol. The van der Waals surface area contributed by atoms with Crippen molar-refractivity contribution in [2.45, 2.75) is 11.6 Å². The van der Waals surface area contributed by atoms with E-state index in [0.29, 0.717) is 23.0 Å². The summed E-state index contributed by atoms with van der Waals surface area (Å²) in [7, 11) is 3.22. The third-order valence-electron chi connectivity index (χ3n) is 4.73. The molecular formula is C23H23N5O3S. The molecule has 32 heavy (non-hydrogen) atoms. The maximum atomic E-state index is 12.5. The van der Waals surface area contributed by atoms with Crippen molar-refractivity contribution in [3.63, 3.8) is 0 Å². The predicted octanol–water partition coefficient (Wildman–Crippen LogP) is 3.73. The normalized spacial score (nSPS) is 10.7. The SMILES string of the molecule is COc1ccc(Cc2nnc(SCC(=O)Nc3ccccc3OC)n2-n2cccc2)cc1. The number of amides is 1. The molecule has 0 aliphatic rings. The first kappa shape index (κ1) is 21.5. The second kappa shape index (κ2) is 10.1. The van der Waals surface area contributed by atoms with E-state index in [9.17, 15) is 4.79 Å². The molecule has 8 nitrogen and oxygen atoms in total. The van der Waals surface area contributed by atoms with E-state index in [1.54, 1.807) is 26.4 Å². The van der Waals surface area contributed by atoms with Crippen LogP contribution in [0.1, 0.15) is 11.4 Å². The maximum Gasteiger partial charge on any atom is 0.234 e. The Balaban J connectivity index is 1.50. The van der Waals surface area contributed by atoms with Gasteiger partial charge in [-0.25, -0.2) is 4.68 Å². The molecule has 0 aliphatic carbocycles. The van der Waals surface area contributed by atoms with Crippen molar-refractivity contribution in [2.24, 2.45) is 0 Å². The Kier molecular flexibility index (Phi) is 6.76. The Labute approximate surface area is 190 Å². The van der Waals surface area contributed by atoms with Gasteiger partial charge >= 0.3 is 0 Å². The summed E-state index contributed by atoms with van der Waals surface area (Å²) in [6.45, 7) is 0. The molecule has 0 bridgehead atoms. The van der Waals surface area contributed by atoms with Crippen LogP contribution in [-0.2, 0) is 11.2 Å². The fraction of sp³-hybridized carbons (Fsp3) is 0.174. The highest BCUT2D eigenvalue weighted by atomic mass is 32.2. The van der Waals surface area contributed by atoms with Gasteiger partial charge in [-0.2, -0.15) is 0 Å². The van der Waals surface area contributed by atoms with Crippen molar-refractivity contribution in [1.29, 1.82) is 0 Å². The van der Waals surface area contributed by atoms with Gasteiger partial charge in [0.1, 0.15) is 11.5 Å². The van der Waals surface area contributed by atoms with Gasteiger partial charge in [-0.1, -0.05) is 36.0 Å². The molecule has 1 amide bonds. The van der Waals surface area contributed by atoms with Gasteiger partial charge in [-0.3, -0.25) is 9.47 Å². The van der Waals surface area contributed by atoms with Crippen LogP contribution in [0.25, 0.3) is 0 Å². The number of benzene rings is 2. The second-order valence-electron chi connectivity index (χ2n) is 6.84. The van der Waals surface area contributed by atoms with Crippen LogP contribution >= 0.6 is 11.8 Å². The molecule has 4 rings (SSSR count).